The molecule has 4 nitrogen and oxygen atoms in total. The van der Waals surface area contributed by atoms with Crippen LogP contribution in [0.1, 0.15) is 22.8 Å². The first-order valence-electron chi connectivity index (χ1n) is 8.88. The monoisotopic (exact) mass is 351 g/mol. The lowest BCUT2D eigenvalue weighted by atomic mass is 10.0. The van der Waals surface area contributed by atoms with Crippen LogP contribution in [0.15, 0.2) is 60.9 Å². The molecule has 0 N–H and O–H groups in total. The van der Waals surface area contributed by atoms with E-state index in [0.29, 0.717) is 6.61 Å². The van der Waals surface area contributed by atoms with Gasteiger partial charge < -0.3 is 4.74 Å². The molecule has 3 aromatic rings. The molecule has 1 saturated heterocycles. The summed E-state index contributed by atoms with van der Waals surface area (Å²) in [4.78, 5) is 2.40. The van der Waals surface area contributed by atoms with E-state index in [1.807, 2.05) is 29.1 Å². The summed E-state index contributed by atoms with van der Waals surface area (Å²) in [6.07, 6.45) is 3.73. The Morgan fingerprint density at radius 3 is 2.77 bits per heavy atom. The van der Waals surface area contributed by atoms with Crippen molar-refractivity contribution in [3.05, 3.63) is 83.4 Å². The van der Waals surface area contributed by atoms with E-state index in [1.54, 1.807) is 6.20 Å². The fraction of sp³-hybridized carbons (Fsp3) is 0.286. The van der Waals surface area contributed by atoms with Gasteiger partial charge in [-0.05, 0) is 53.9 Å². The van der Waals surface area contributed by atoms with Crippen molar-refractivity contribution < 1.29 is 9.13 Å². The zero-order valence-corrected chi connectivity index (χ0v) is 14.8. The summed E-state index contributed by atoms with van der Waals surface area (Å²) < 4.78 is 20.9. The summed E-state index contributed by atoms with van der Waals surface area (Å²) in [6.45, 7) is 5.42. The van der Waals surface area contributed by atoms with Gasteiger partial charge in [0, 0.05) is 32.0 Å². The van der Waals surface area contributed by atoms with Crippen LogP contribution >= 0.6 is 0 Å². The van der Waals surface area contributed by atoms with Crippen LogP contribution in [0.3, 0.4) is 0 Å². The van der Waals surface area contributed by atoms with Crippen LogP contribution < -0.4 is 0 Å². The molecule has 2 heterocycles. The second-order valence-corrected chi connectivity index (χ2v) is 6.71. The molecule has 0 bridgehead atoms. The van der Waals surface area contributed by atoms with Crippen LogP contribution in [0.2, 0.25) is 0 Å². The normalized spacial score (nSPS) is 18.2. The molecule has 134 valence electrons. The fourth-order valence-corrected chi connectivity index (χ4v) is 3.39. The van der Waals surface area contributed by atoms with E-state index >= 15 is 0 Å². The SMILES string of the molecule is Cc1cc(-n2cccn2)ccc1CN1CCO[C@H](c2ccc(F)cc2)C1. The van der Waals surface area contributed by atoms with Gasteiger partial charge in [-0.1, -0.05) is 18.2 Å². The molecule has 0 radical (unpaired) electrons. The van der Waals surface area contributed by atoms with Crippen LogP contribution in [-0.2, 0) is 11.3 Å². The third-order valence-corrected chi connectivity index (χ3v) is 4.88. The number of nitrogens with zero attached hydrogens (tertiary/aromatic N) is 3. The van der Waals surface area contributed by atoms with Crippen molar-refractivity contribution in [2.45, 2.75) is 19.6 Å². The molecule has 0 unspecified atom stereocenters. The summed E-state index contributed by atoms with van der Waals surface area (Å²) in [5.41, 5.74) is 4.66. The number of aryl methyl sites for hydroxylation is 1. The zero-order chi connectivity index (χ0) is 17.9. The van der Waals surface area contributed by atoms with Gasteiger partial charge in [-0.15, -0.1) is 0 Å². The molecule has 26 heavy (non-hydrogen) atoms. The number of benzene rings is 2. The Morgan fingerprint density at radius 2 is 2.04 bits per heavy atom. The highest BCUT2D eigenvalue weighted by Gasteiger charge is 2.22. The molecular weight excluding hydrogens is 329 g/mol. The maximum absolute atomic E-state index is 13.1. The number of morpholine rings is 1. The Bertz CT molecular complexity index is 861. The van der Waals surface area contributed by atoms with E-state index in [4.69, 9.17) is 4.74 Å². The van der Waals surface area contributed by atoms with Gasteiger partial charge in [0.25, 0.3) is 0 Å². The number of hydrogen-bond donors (Lipinski definition) is 0. The molecular formula is C21H22FN3O. The van der Waals surface area contributed by atoms with Gasteiger partial charge in [-0.2, -0.15) is 5.10 Å². The third-order valence-electron chi connectivity index (χ3n) is 4.88. The van der Waals surface area contributed by atoms with Crippen molar-refractivity contribution in [1.29, 1.82) is 0 Å². The summed E-state index contributed by atoms with van der Waals surface area (Å²) in [6, 6.07) is 15.0. The number of aromatic nitrogens is 2. The molecule has 1 atom stereocenters. The molecule has 1 aliphatic rings. The summed E-state index contributed by atoms with van der Waals surface area (Å²) in [7, 11) is 0. The van der Waals surface area contributed by atoms with E-state index < -0.39 is 0 Å². The smallest absolute Gasteiger partial charge is 0.123 e. The predicted octanol–water partition coefficient (Wildman–Crippen LogP) is 3.89. The number of ether oxygens (including phenoxy) is 1. The predicted molar refractivity (Wildman–Crippen MR) is 98.7 cm³/mol. The van der Waals surface area contributed by atoms with Crippen LogP contribution in [0.5, 0.6) is 0 Å². The number of rotatable bonds is 4. The van der Waals surface area contributed by atoms with Crippen molar-refractivity contribution in [3.8, 4) is 5.69 Å². The highest BCUT2D eigenvalue weighted by atomic mass is 19.1. The van der Waals surface area contributed by atoms with E-state index in [0.717, 1.165) is 30.9 Å². The lowest BCUT2D eigenvalue weighted by molar-refractivity contribution is -0.0330. The molecule has 2 aromatic carbocycles. The van der Waals surface area contributed by atoms with E-state index in [1.165, 1.54) is 23.3 Å². The number of halogens is 1. The van der Waals surface area contributed by atoms with Crippen LogP contribution in [0.25, 0.3) is 5.69 Å². The molecule has 0 saturated carbocycles. The minimum Gasteiger partial charge on any atom is -0.371 e. The van der Waals surface area contributed by atoms with Crippen molar-refractivity contribution >= 4 is 0 Å². The topological polar surface area (TPSA) is 30.3 Å². The standard InChI is InChI=1S/C21H22FN3O/c1-16-13-20(25-10-2-9-23-25)8-5-18(16)14-24-11-12-26-21(15-24)17-3-6-19(22)7-4-17/h2-10,13,21H,11-12,14-15H2,1H3/t21-/m0/s1. The number of hydrogen-bond acceptors (Lipinski definition) is 3. The van der Waals surface area contributed by atoms with Gasteiger partial charge in [0.05, 0.1) is 18.4 Å². The van der Waals surface area contributed by atoms with Crippen molar-refractivity contribution in [2.75, 3.05) is 19.7 Å². The van der Waals surface area contributed by atoms with Gasteiger partial charge in [-0.3, -0.25) is 4.90 Å². The Morgan fingerprint density at radius 1 is 1.19 bits per heavy atom. The Hall–Kier alpha value is -2.50. The highest BCUT2D eigenvalue weighted by molar-refractivity contribution is 5.39. The average molecular weight is 351 g/mol. The van der Waals surface area contributed by atoms with Gasteiger partial charge in [-0.25, -0.2) is 9.07 Å². The van der Waals surface area contributed by atoms with E-state index in [-0.39, 0.29) is 11.9 Å². The third kappa shape index (κ3) is 3.69. The molecule has 4 rings (SSSR count). The quantitative estimate of drug-likeness (QED) is 0.714. The second-order valence-electron chi connectivity index (χ2n) is 6.71. The van der Waals surface area contributed by atoms with Gasteiger partial charge in [0.2, 0.25) is 0 Å². The molecule has 1 fully saturated rings. The largest absolute Gasteiger partial charge is 0.371 e. The molecule has 1 aromatic heterocycles. The summed E-state index contributed by atoms with van der Waals surface area (Å²) in [5.74, 6) is -0.214. The second kappa shape index (κ2) is 7.40. The molecule has 0 amide bonds. The Balaban J connectivity index is 1.46. The summed E-state index contributed by atoms with van der Waals surface area (Å²) >= 11 is 0. The molecule has 0 spiro atoms. The first kappa shape index (κ1) is 16.9. The van der Waals surface area contributed by atoms with Gasteiger partial charge in [0.15, 0.2) is 0 Å². The fourth-order valence-electron chi connectivity index (χ4n) is 3.39. The highest BCUT2D eigenvalue weighted by Crippen LogP contribution is 2.24. The molecule has 5 heteroatoms. The maximum Gasteiger partial charge on any atom is 0.123 e. The van der Waals surface area contributed by atoms with Crippen LogP contribution in [-0.4, -0.2) is 34.4 Å². The molecule has 0 aliphatic carbocycles. The Labute approximate surface area is 152 Å². The van der Waals surface area contributed by atoms with E-state index in [2.05, 4.69) is 35.1 Å². The van der Waals surface area contributed by atoms with E-state index in [9.17, 15) is 4.39 Å². The van der Waals surface area contributed by atoms with Crippen LogP contribution in [0.4, 0.5) is 4.39 Å². The van der Waals surface area contributed by atoms with Crippen LogP contribution in [0, 0.1) is 12.7 Å². The molecule has 1 aliphatic heterocycles. The minimum absolute atomic E-state index is 0.00648. The zero-order valence-electron chi connectivity index (χ0n) is 14.8. The van der Waals surface area contributed by atoms with Gasteiger partial charge in [0.1, 0.15) is 5.82 Å². The minimum atomic E-state index is -0.214. The Kier molecular flexibility index (Phi) is 4.82. The lowest BCUT2D eigenvalue weighted by Gasteiger charge is -2.33. The van der Waals surface area contributed by atoms with Gasteiger partial charge >= 0.3 is 0 Å². The first-order valence-corrected chi connectivity index (χ1v) is 8.88. The van der Waals surface area contributed by atoms with Crippen molar-refractivity contribution in [1.82, 2.24) is 14.7 Å². The van der Waals surface area contributed by atoms with Crippen molar-refractivity contribution in [2.24, 2.45) is 0 Å². The summed E-state index contributed by atoms with van der Waals surface area (Å²) in [5, 5.41) is 4.29. The maximum atomic E-state index is 13.1. The van der Waals surface area contributed by atoms with Crippen molar-refractivity contribution in [3.63, 3.8) is 0 Å². The average Bonchev–Trinajstić information content (AvgIpc) is 3.19. The first-order chi connectivity index (χ1) is 12.7. The lowest BCUT2D eigenvalue weighted by Crippen LogP contribution is -2.38.